The van der Waals surface area contributed by atoms with Crippen LogP contribution in [0.4, 0.5) is 0 Å². The van der Waals surface area contributed by atoms with Crippen LogP contribution in [0.5, 0.6) is 0 Å². The molecule has 19 heteroatoms. The predicted molar refractivity (Wildman–Crippen MR) is 381 cm³/mol. The van der Waals surface area contributed by atoms with Crippen LogP contribution in [0.25, 0.3) is 0 Å². The van der Waals surface area contributed by atoms with E-state index in [2.05, 4.69) is 82.4 Å². The van der Waals surface area contributed by atoms with E-state index in [4.69, 9.17) is 37.0 Å². The fourth-order valence-corrected chi connectivity index (χ4v) is 11.7. The minimum absolute atomic E-state index is 0.0400. The third-order valence-electron chi connectivity index (χ3n) is 15.7. The number of rotatable bonds is 70. The maximum Gasteiger partial charge on any atom is 0.472 e. The standard InChI is InChI=1S/C75H134O17P2/c1-5-9-13-17-21-25-29-31-32-33-34-35-36-38-42-44-48-52-56-60-73(78)86-66-71(92-75(80)62-58-54-50-46-40-28-24-20-16-12-8-4)68-90-94(83,84)88-64-69(76)63-87-93(81,82)89-67-70(91-74(79)61-57-53-49-45-39-27-23-19-15-11-7-3)65-85-72(77)59-55-51-47-43-41-37-30-26-22-18-14-10-6-2/h9,13,21,25,31-32,34-35,38,42,48,52,69-71,76H,5-8,10-12,14-20,22-24,26-30,33,36-37,39-41,43-47,49-51,53-68H2,1-4H3,(H,81,82)(H,83,84)/b13-9-,25-21-,32-31-,35-34-,42-38-,52-48-. The van der Waals surface area contributed by atoms with Crippen LogP contribution < -0.4 is 0 Å². The van der Waals surface area contributed by atoms with E-state index in [1.807, 2.05) is 18.2 Å². The molecular weight excluding hydrogens is 1230 g/mol. The fraction of sp³-hybridized carbons (Fsp3) is 0.787. The molecule has 17 nitrogen and oxygen atoms in total. The molecule has 0 spiro atoms. The Balaban J connectivity index is 5.32. The van der Waals surface area contributed by atoms with Gasteiger partial charge < -0.3 is 33.8 Å². The van der Waals surface area contributed by atoms with Gasteiger partial charge >= 0.3 is 39.5 Å². The average molecular weight is 1370 g/mol. The Bertz CT molecular complexity index is 2070. The summed E-state index contributed by atoms with van der Waals surface area (Å²) in [6, 6.07) is 0. The first kappa shape index (κ1) is 90.5. The molecular formula is C75H134O17P2. The quantitative estimate of drug-likeness (QED) is 0.0169. The lowest BCUT2D eigenvalue weighted by Crippen LogP contribution is -2.30. The van der Waals surface area contributed by atoms with Crippen molar-refractivity contribution in [2.75, 3.05) is 39.6 Å². The number of carbonyl (C=O) groups is 4. The lowest BCUT2D eigenvalue weighted by atomic mass is 10.0. The largest absolute Gasteiger partial charge is 0.472 e. The van der Waals surface area contributed by atoms with Crippen molar-refractivity contribution < 1.29 is 80.2 Å². The number of phosphoric ester groups is 2. The number of aliphatic hydroxyl groups is 1. The normalized spacial score (nSPS) is 14.4. The van der Waals surface area contributed by atoms with Crippen molar-refractivity contribution in [1.82, 2.24) is 0 Å². The van der Waals surface area contributed by atoms with Crippen LogP contribution in [-0.2, 0) is 65.4 Å². The van der Waals surface area contributed by atoms with Crippen LogP contribution in [-0.4, -0.2) is 96.7 Å². The van der Waals surface area contributed by atoms with Gasteiger partial charge in [-0.15, -0.1) is 0 Å². The highest BCUT2D eigenvalue weighted by Crippen LogP contribution is 2.45. The lowest BCUT2D eigenvalue weighted by molar-refractivity contribution is -0.161. The molecule has 0 aliphatic heterocycles. The maximum absolute atomic E-state index is 13.0. The summed E-state index contributed by atoms with van der Waals surface area (Å²) in [5.74, 6) is -2.25. The van der Waals surface area contributed by atoms with E-state index in [-0.39, 0.29) is 25.7 Å². The highest BCUT2D eigenvalue weighted by atomic mass is 31.2. The molecule has 5 unspecified atom stereocenters. The van der Waals surface area contributed by atoms with E-state index in [0.29, 0.717) is 32.1 Å². The molecule has 0 aliphatic rings. The number of hydrogen-bond donors (Lipinski definition) is 3. The summed E-state index contributed by atoms with van der Waals surface area (Å²) in [5, 5.41) is 10.6. The topological polar surface area (TPSA) is 237 Å². The van der Waals surface area contributed by atoms with Gasteiger partial charge in [0.2, 0.25) is 0 Å². The van der Waals surface area contributed by atoms with Crippen molar-refractivity contribution >= 4 is 39.5 Å². The van der Waals surface area contributed by atoms with Gasteiger partial charge in [0, 0.05) is 25.7 Å². The Hall–Kier alpha value is -3.50. The molecule has 0 rings (SSSR count). The second kappa shape index (κ2) is 68.0. The zero-order chi connectivity index (χ0) is 69.0. The highest BCUT2D eigenvalue weighted by Gasteiger charge is 2.30. The van der Waals surface area contributed by atoms with Crippen LogP contribution in [0.15, 0.2) is 72.9 Å². The summed E-state index contributed by atoms with van der Waals surface area (Å²) in [5.41, 5.74) is 0. The van der Waals surface area contributed by atoms with Crippen LogP contribution in [0, 0.1) is 0 Å². The van der Waals surface area contributed by atoms with E-state index in [1.165, 1.54) is 135 Å². The Kier molecular flexibility index (Phi) is 65.5. The number of esters is 4. The van der Waals surface area contributed by atoms with Crippen molar-refractivity contribution in [2.45, 2.75) is 341 Å². The van der Waals surface area contributed by atoms with E-state index >= 15 is 0 Å². The Morgan fingerprint density at radius 2 is 0.553 bits per heavy atom. The monoisotopic (exact) mass is 1370 g/mol. The maximum atomic E-state index is 13.0. The first-order valence-corrected chi connectivity index (χ1v) is 40.2. The minimum atomic E-state index is -4.98. The summed E-state index contributed by atoms with van der Waals surface area (Å²) in [7, 11) is -9.94. The minimum Gasteiger partial charge on any atom is -0.462 e. The third kappa shape index (κ3) is 67.1. The molecule has 94 heavy (non-hydrogen) atoms. The van der Waals surface area contributed by atoms with Crippen molar-refractivity contribution in [1.29, 1.82) is 0 Å². The first-order chi connectivity index (χ1) is 45.7. The van der Waals surface area contributed by atoms with Gasteiger partial charge in [-0.2, -0.15) is 0 Å². The zero-order valence-corrected chi connectivity index (χ0v) is 61.2. The van der Waals surface area contributed by atoms with Gasteiger partial charge in [0.15, 0.2) is 12.2 Å². The first-order valence-electron chi connectivity index (χ1n) is 37.2. The second-order valence-corrected chi connectivity index (χ2v) is 27.8. The summed E-state index contributed by atoms with van der Waals surface area (Å²) in [4.78, 5) is 72.6. The molecule has 0 radical (unpaired) electrons. The van der Waals surface area contributed by atoms with E-state index in [9.17, 15) is 43.2 Å². The third-order valence-corrected chi connectivity index (χ3v) is 17.6. The van der Waals surface area contributed by atoms with Gasteiger partial charge in [0.05, 0.1) is 26.4 Å². The Morgan fingerprint density at radius 3 is 0.851 bits per heavy atom. The molecule has 0 amide bonds. The number of hydrogen-bond acceptors (Lipinski definition) is 15. The van der Waals surface area contributed by atoms with Gasteiger partial charge in [-0.3, -0.25) is 37.3 Å². The van der Waals surface area contributed by atoms with Gasteiger partial charge in [-0.25, -0.2) is 9.13 Å². The Morgan fingerprint density at radius 1 is 0.309 bits per heavy atom. The molecule has 0 aromatic rings. The van der Waals surface area contributed by atoms with Gasteiger partial charge in [0.1, 0.15) is 19.3 Å². The lowest BCUT2D eigenvalue weighted by Gasteiger charge is -2.21. The molecule has 5 atom stereocenters. The molecule has 0 aromatic carbocycles. The molecule has 0 aromatic heterocycles. The molecule has 546 valence electrons. The van der Waals surface area contributed by atoms with E-state index < -0.39 is 97.5 Å². The number of unbranched alkanes of at least 4 members (excludes halogenated alkanes) is 32. The number of allylic oxidation sites excluding steroid dienone is 12. The molecule has 0 fully saturated rings. The SMILES string of the molecule is CC/C=C\C/C=C\C/C=C\C/C=C\C/C=C\C/C=C\CCC(=O)OCC(COP(=O)(O)OCC(O)COP(=O)(O)OCC(COC(=O)CCCCCCCCCCCCCCC)OC(=O)CCCCCCCCCCCCC)OC(=O)CCCCCCCCCCCCC. The Labute approximate surface area is 571 Å². The zero-order valence-electron chi connectivity index (χ0n) is 59.4. The average Bonchev–Trinajstić information content (AvgIpc) is 1.24. The van der Waals surface area contributed by atoms with Crippen LogP contribution in [0.1, 0.15) is 323 Å². The van der Waals surface area contributed by atoms with Crippen LogP contribution in [0.3, 0.4) is 0 Å². The van der Waals surface area contributed by atoms with Crippen molar-refractivity contribution in [3.05, 3.63) is 72.9 Å². The van der Waals surface area contributed by atoms with E-state index in [1.54, 1.807) is 0 Å². The van der Waals surface area contributed by atoms with Crippen molar-refractivity contribution in [2.24, 2.45) is 0 Å². The fourth-order valence-electron chi connectivity index (χ4n) is 10.1. The number of aliphatic hydroxyl groups excluding tert-OH is 1. The van der Waals surface area contributed by atoms with Crippen molar-refractivity contribution in [3.63, 3.8) is 0 Å². The number of ether oxygens (including phenoxy) is 4. The van der Waals surface area contributed by atoms with Crippen LogP contribution in [0.2, 0.25) is 0 Å². The highest BCUT2D eigenvalue weighted by molar-refractivity contribution is 7.47. The van der Waals surface area contributed by atoms with E-state index in [0.717, 1.165) is 103 Å². The van der Waals surface area contributed by atoms with Gasteiger partial charge in [-0.1, -0.05) is 306 Å². The summed E-state index contributed by atoms with van der Waals surface area (Å²) in [6.07, 6.45) is 66.4. The molecule has 3 N–H and O–H groups in total. The summed E-state index contributed by atoms with van der Waals surface area (Å²) < 4.78 is 68.2. The molecule has 0 heterocycles. The molecule has 0 saturated heterocycles. The predicted octanol–water partition coefficient (Wildman–Crippen LogP) is 20.9. The molecule has 0 saturated carbocycles. The molecule has 0 aliphatic carbocycles. The molecule has 0 bridgehead atoms. The second-order valence-electron chi connectivity index (χ2n) is 24.9. The smallest absolute Gasteiger partial charge is 0.462 e. The number of carbonyl (C=O) groups excluding carboxylic acids is 4. The van der Waals surface area contributed by atoms with Gasteiger partial charge in [-0.05, 0) is 64.2 Å². The summed E-state index contributed by atoms with van der Waals surface area (Å²) >= 11 is 0. The summed E-state index contributed by atoms with van der Waals surface area (Å²) in [6.45, 7) is 4.69. The van der Waals surface area contributed by atoms with Crippen molar-refractivity contribution in [3.8, 4) is 0 Å². The van der Waals surface area contributed by atoms with Gasteiger partial charge in [0.25, 0.3) is 0 Å². The van der Waals surface area contributed by atoms with Crippen LogP contribution >= 0.6 is 15.6 Å². The number of phosphoric acid groups is 2.